The lowest BCUT2D eigenvalue weighted by Crippen LogP contribution is -2.16. The molecule has 1 atom stereocenters. The molecule has 0 saturated heterocycles. The number of nitrogens with one attached hydrogen (secondary N) is 1. The van der Waals surface area contributed by atoms with Gasteiger partial charge in [-0.3, -0.25) is 0 Å². The summed E-state index contributed by atoms with van der Waals surface area (Å²) in [4.78, 5) is 1.35. The van der Waals surface area contributed by atoms with Gasteiger partial charge in [-0.1, -0.05) is 37.6 Å². The molecule has 0 aliphatic heterocycles. The lowest BCUT2D eigenvalue weighted by atomic mass is 10.0. The van der Waals surface area contributed by atoms with Gasteiger partial charge in [-0.15, -0.1) is 11.3 Å². The molecule has 0 bridgehead atoms. The molecular weight excluding hydrogens is 306 g/mol. The van der Waals surface area contributed by atoms with Gasteiger partial charge in [-0.25, -0.2) is 0 Å². The zero-order valence-electron chi connectivity index (χ0n) is 10.7. The Morgan fingerprint density at radius 1 is 1.33 bits per heavy atom. The molecule has 1 unspecified atom stereocenters. The van der Waals surface area contributed by atoms with Gasteiger partial charge in [0.15, 0.2) is 0 Å². The number of halogens is 1. The van der Waals surface area contributed by atoms with Gasteiger partial charge in [0.05, 0.1) is 6.04 Å². The Labute approximate surface area is 121 Å². The summed E-state index contributed by atoms with van der Waals surface area (Å²) in [6.07, 6.45) is 2.34. The van der Waals surface area contributed by atoms with Crippen LogP contribution in [0.25, 0.3) is 0 Å². The van der Waals surface area contributed by atoms with E-state index in [9.17, 15) is 0 Å². The van der Waals surface area contributed by atoms with Gasteiger partial charge in [-0.05, 0) is 46.6 Å². The van der Waals surface area contributed by atoms with E-state index < -0.39 is 0 Å². The van der Waals surface area contributed by atoms with E-state index in [1.165, 1.54) is 22.4 Å². The molecular formula is C15H18BrNS. The average molecular weight is 324 g/mol. The van der Waals surface area contributed by atoms with Crippen molar-refractivity contribution in [2.24, 2.45) is 0 Å². The summed E-state index contributed by atoms with van der Waals surface area (Å²) in [7, 11) is 2.02. The number of rotatable bonds is 5. The molecule has 0 aliphatic rings. The topological polar surface area (TPSA) is 12.0 Å². The molecule has 2 rings (SSSR count). The smallest absolute Gasteiger partial charge is 0.0669 e. The molecule has 1 aromatic heterocycles. The summed E-state index contributed by atoms with van der Waals surface area (Å²) in [5, 5.41) is 5.54. The summed E-state index contributed by atoms with van der Waals surface area (Å²) in [5.74, 6) is 0. The van der Waals surface area contributed by atoms with Crippen LogP contribution in [0.15, 0.2) is 40.2 Å². The predicted molar refractivity (Wildman–Crippen MR) is 83.4 cm³/mol. The van der Waals surface area contributed by atoms with Gasteiger partial charge in [0.2, 0.25) is 0 Å². The van der Waals surface area contributed by atoms with Crippen molar-refractivity contribution >= 4 is 27.3 Å². The minimum Gasteiger partial charge on any atom is -0.309 e. The number of thiophene rings is 1. The second-order valence-corrected chi connectivity index (χ2v) is 6.24. The Morgan fingerprint density at radius 3 is 2.78 bits per heavy atom. The SMILES string of the molecule is CCCc1cccc(C(NC)c2cc(Br)cs2)c1. The Bertz CT molecular complexity index is 507. The molecule has 1 nitrogen and oxygen atoms in total. The number of aryl methyl sites for hydroxylation is 1. The van der Waals surface area contributed by atoms with Crippen molar-refractivity contribution in [1.82, 2.24) is 5.32 Å². The maximum Gasteiger partial charge on any atom is 0.0669 e. The predicted octanol–water partition coefficient (Wildman–Crippen LogP) is 4.77. The molecule has 96 valence electrons. The van der Waals surface area contributed by atoms with Crippen LogP contribution in [0, 0.1) is 0 Å². The summed E-state index contributed by atoms with van der Waals surface area (Å²) in [6, 6.07) is 11.4. The molecule has 1 N–H and O–H groups in total. The summed E-state index contributed by atoms with van der Waals surface area (Å²) in [6.45, 7) is 2.22. The third kappa shape index (κ3) is 3.22. The average Bonchev–Trinajstić information content (AvgIpc) is 2.78. The molecule has 0 aliphatic carbocycles. The highest BCUT2D eigenvalue weighted by molar-refractivity contribution is 9.10. The zero-order chi connectivity index (χ0) is 13.0. The number of hydrogen-bond acceptors (Lipinski definition) is 2. The van der Waals surface area contributed by atoms with E-state index >= 15 is 0 Å². The van der Waals surface area contributed by atoms with E-state index in [1.807, 2.05) is 7.05 Å². The normalized spacial score (nSPS) is 12.6. The van der Waals surface area contributed by atoms with Crippen molar-refractivity contribution in [1.29, 1.82) is 0 Å². The van der Waals surface area contributed by atoms with Crippen molar-refractivity contribution in [2.75, 3.05) is 7.05 Å². The Kier molecular flexibility index (Phi) is 4.98. The monoisotopic (exact) mass is 323 g/mol. The first-order valence-electron chi connectivity index (χ1n) is 6.24. The summed E-state index contributed by atoms with van der Waals surface area (Å²) in [5.41, 5.74) is 2.77. The van der Waals surface area contributed by atoms with Crippen LogP contribution in [-0.4, -0.2) is 7.05 Å². The maximum atomic E-state index is 3.52. The van der Waals surface area contributed by atoms with E-state index in [0.29, 0.717) is 0 Å². The summed E-state index contributed by atoms with van der Waals surface area (Å²) >= 11 is 5.31. The van der Waals surface area contributed by atoms with Gasteiger partial charge in [0, 0.05) is 14.7 Å². The maximum absolute atomic E-state index is 3.52. The molecule has 0 spiro atoms. The molecule has 1 heterocycles. The van der Waals surface area contributed by atoms with Crippen LogP contribution in [0.4, 0.5) is 0 Å². The first-order chi connectivity index (χ1) is 8.74. The molecule has 0 radical (unpaired) electrons. The van der Waals surface area contributed by atoms with Gasteiger partial charge in [-0.2, -0.15) is 0 Å². The van der Waals surface area contributed by atoms with Crippen molar-refractivity contribution in [3.8, 4) is 0 Å². The van der Waals surface area contributed by atoms with E-state index in [4.69, 9.17) is 0 Å². The zero-order valence-corrected chi connectivity index (χ0v) is 13.1. The van der Waals surface area contributed by atoms with E-state index in [-0.39, 0.29) is 6.04 Å². The Morgan fingerprint density at radius 2 is 2.17 bits per heavy atom. The first-order valence-corrected chi connectivity index (χ1v) is 7.92. The largest absolute Gasteiger partial charge is 0.309 e. The Hall–Kier alpha value is -0.640. The summed E-state index contributed by atoms with van der Waals surface area (Å²) < 4.78 is 1.16. The van der Waals surface area contributed by atoms with Crippen LogP contribution >= 0.6 is 27.3 Å². The Balaban J connectivity index is 2.29. The van der Waals surface area contributed by atoms with Crippen LogP contribution in [-0.2, 0) is 6.42 Å². The van der Waals surface area contributed by atoms with Crippen molar-refractivity contribution < 1.29 is 0 Å². The second kappa shape index (κ2) is 6.50. The minimum atomic E-state index is 0.290. The van der Waals surface area contributed by atoms with Gasteiger partial charge < -0.3 is 5.32 Å². The van der Waals surface area contributed by atoms with Gasteiger partial charge >= 0.3 is 0 Å². The van der Waals surface area contributed by atoms with Crippen molar-refractivity contribution in [2.45, 2.75) is 25.8 Å². The van der Waals surface area contributed by atoms with E-state index in [0.717, 1.165) is 10.9 Å². The molecule has 1 aromatic carbocycles. The van der Waals surface area contributed by atoms with Crippen LogP contribution in [0.2, 0.25) is 0 Å². The minimum absolute atomic E-state index is 0.290. The van der Waals surface area contributed by atoms with Crippen LogP contribution in [0.5, 0.6) is 0 Å². The van der Waals surface area contributed by atoms with Crippen LogP contribution < -0.4 is 5.32 Å². The molecule has 2 aromatic rings. The quantitative estimate of drug-likeness (QED) is 0.835. The van der Waals surface area contributed by atoms with Crippen LogP contribution in [0.1, 0.15) is 35.4 Å². The van der Waals surface area contributed by atoms with Crippen molar-refractivity contribution in [3.05, 3.63) is 56.2 Å². The lowest BCUT2D eigenvalue weighted by molar-refractivity contribution is 0.702. The molecule has 3 heteroatoms. The van der Waals surface area contributed by atoms with E-state index in [1.54, 1.807) is 11.3 Å². The van der Waals surface area contributed by atoms with Gasteiger partial charge in [0.25, 0.3) is 0 Å². The highest BCUT2D eigenvalue weighted by atomic mass is 79.9. The standard InChI is InChI=1S/C15H18BrNS/c1-3-5-11-6-4-7-12(8-11)15(17-2)14-9-13(16)10-18-14/h4,6-10,15,17H,3,5H2,1-2H3. The third-order valence-electron chi connectivity index (χ3n) is 2.98. The lowest BCUT2D eigenvalue weighted by Gasteiger charge is -2.16. The number of hydrogen-bond donors (Lipinski definition) is 1. The highest BCUT2D eigenvalue weighted by Crippen LogP contribution is 2.30. The fourth-order valence-corrected chi connectivity index (χ4v) is 3.75. The first kappa shape index (κ1) is 13.8. The van der Waals surface area contributed by atoms with Crippen LogP contribution in [0.3, 0.4) is 0 Å². The second-order valence-electron chi connectivity index (χ2n) is 4.38. The molecule has 18 heavy (non-hydrogen) atoms. The molecule has 0 saturated carbocycles. The van der Waals surface area contributed by atoms with Gasteiger partial charge in [0.1, 0.15) is 0 Å². The fraction of sp³-hybridized carbons (Fsp3) is 0.333. The third-order valence-corrected chi connectivity index (χ3v) is 4.74. The number of benzene rings is 1. The highest BCUT2D eigenvalue weighted by Gasteiger charge is 2.14. The molecule has 0 fully saturated rings. The fourth-order valence-electron chi connectivity index (χ4n) is 2.17. The van der Waals surface area contributed by atoms with Crippen molar-refractivity contribution in [3.63, 3.8) is 0 Å². The molecule has 0 amide bonds. The van der Waals surface area contributed by atoms with E-state index in [2.05, 4.69) is 63.9 Å².